The van der Waals surface area contributed by atoms with Gasteiger partial charge in [-0.15, -0.1) is 0 Å². The summed E-state index contributed by atoms with van der Waals surface area (Å²) < 4.78 is 56.7. The quantitative estimate of drug-likeness (QED) is 0.325. The van der Waals surface area contributed by atoms with E-state index in [1.807, 2.05) is 6.92 Å². The molecule has 0 aromatic heterocycles. The van der Waals surface area contributed by atoms with Crippen LogP contribution in [0.5, 0.6) is 5.75 Å². The van der Waals surface area contributed by atoms with Gasteiger partial charge >= 0.3 is 0 Å². The first-order valence-corrected chi connectivity index (χ1v) is 14.4. The van der Waals surface area contributed by atoms with Gasteiger partial charge in [-0.05, 0) is 85.5 Å². The second-order valence-corrected chi connectivity index (χ2v) is 11.5. The molecule has 0 radical (unpaired) electrons. The van der Waals surface area contributed by atoms with Crippen molar-refractivity contribution in [3.05, 3.63) is 64.7 Å². The fraction of sp³-hybridized carbons (Fsp3) is 0.625. The number of benzene rings is 1. The smallest absolute Gasteiger partial charge is 0.201 e. The predicted octanol–water partition coefficient (Wildman–Crippen LogP) is 9.33. The minimum Gasteiger partial charge on any atom is -0.450 e. The van der Waals surface area contributed by atoms with Gasteiger partial charge in [0.15, 0.2) is 23.2 Å². The van der Waals surface area contributed by atoms with Crippen LogP contribution < -0.4 is 4.74 Å². The zero-order valence-corrected chi connectivity index (χ0v) is 22.7. The van der Waals surface area contributed by atoms with Gasteiger partial charge in [-0.3, -0.25) is 0 Å². The fourth-order valence-electron chi connectivity index (χ4n) is 6.44. The molecule has 1 aliphatic carbocycles. The van der Waals surface area contributed by atoms with Crippen LogP contribution in [0, 0.1) is 29.4 Å². The molecular weight excluding hydrogens is 473 g/mol. The van der Waals surface area contributed by atoms with E-state index in [2.05, 4.69) is 20.1 Å². The van der Waals surface area contributed by atoms with Crippen LogP contribution in [0.1, 0.15) is 95.6 Å². The highest BCUT2D eigenvalue weighted by Crippen LogP contribution is 2.41. The number of allylic oxidation sites excluding steroid dienone is 3. The first kappa shape index (κ1) is 28.0. The molecule has 4 rings (SSSR count). The molecule has 5 heteroatoms. The molecule has 2 fully saturated rings. The maximum Gasteiger partial charge on any atom is 0.201 e. The third kappa shape index (κ3) is 6.53. The van der Waals surface area contributed by atoms with Crippen LogP contribution in [-0.2, 0) is 17.6 Å². The van der Waals surface area contributed by atoms with Crippen molar-refractivity contribution in [3.63, 3.8) is 0 Å². The first-order chi connectivity index (χ1) is 17.8. The standard InChI is InChI=1S/C32H43F3O2/c1-5-7-20(3)28(33)31-21(4)17-26-18-25(29(34)30(35)32(26)37-31)15-11-23-12-16-27(36-19-23)24-13-9-22(8-6-2)10-14-24/h18,22-24,27H,3-17,19H2,1-2H3/b31-28-. The Morgan fingerprint density at radius 2 is 1.70 bits per heavy atom. The van der Waals surface area contributed by atoms with E-state index in [1.54, 1.807) is 6.07 Å². The predicted molar refractivity (Wildman–Crippen MR) is 143 cm³/mol. The molecule has 0 spiro atoms. The Morgan fingerprint density at radius 3 is 2.35 bits per heavy atom. The minimum atomic E-state index is -1.05. The molecule has 1 aromatic carbocycles. The Balaban J connectivity index is 1.34. The third-order valence-corrected chi connectivity index (χ3v) is 8.65. The largest absolute Gasteiger partial charge is 0.450 e. The number of hydrogen-bond acceptors (Lipinski definition) is 2. The van der Waals surface area contributed by atoms with Crippen LogP contribution in [0.2, 0.25) is 0 Å². The second-order valence-electron chi connectivity index (χ2n) is 11.5. The summed E-state index contributed by atoms with van der Waals surface area (Å²) in [5, 5.41) is 0. The summed E-state index contributed by atoms with van der Waals surface area (Å²) in [6.07, 6.45) is 12.9. The normalized spacial score (nSPS) is 27.4. The lowest BCUT2D eigenvalue weighted by atomic mass is 9.76. The Morgan fingerprint density at radius 1 is 0.973 bits per heavy atom. The number of halogens is 3. The number of hydrogen-bond donors (Lipinski definition) is 0. The van der Waals surface area contributed by atoms with Crippen molar-refractivity contribution in [2.75, 3.05) is 6.61 Å². The number of ether oxygens (including phenoxy) is 2. The van der Waals surface area contributed by atoms with Crippen molar-refractivity contribution in [1.29, 1.82) is 0 Å². The van der Waals surface area contributed by atoms with E-state index in [-0.39, 0.29) is 23.5 Å². The van der Waals surface area contributed by atoms with Gasteiger partial charge in [0.05, 0.1) is 6.10 Å². The van der Waals surface area contributed by atoms with E-state index in [1.165, 1.54) is 38.5 Å². The summed E-state index contributed by atoms with van der Waals surface area (Å²) in [6.45, 7) is 12.6. The number of rotatable bonds is 9. The van der Waals surface area contributed by atoms with Gasteiger partial charge in [-0.25, -0.2) is 8.78 Å². The topological polar surface area (TPSA) is 18.5 Å². The maximum absolute atomic E-state index is 15.0. The highest BCUT2D eigenvalue weighted by Gasteiger charge is 2.32. The fourth-order valence-corrected chi connectivity index (χ4v) is 6.44. The van der Waals surface area contributed by atoms with Gasteiger partial charge in [0.2, 0.25) is 5.82 Å². The summed E-state index contributed by atoms with van der Waals surface area (Å²) in [4.78, 5) is 0. The van der Waals surface area contributed by atoms with Crippen LogP contribution >= 0.6 is 0 Å². The summed E-state index contributed by atoms with van der Waals surface area (Å²) in [7, 11) is 0. The molecule has 0 N–H and O–H groups in total. The molecule has 204 valence electrons. The van der Waals surface area contributed by atoms with Gasteiger partial charge < -0.3 is 9.47 Å². The van der Waals surface area contributed by atoms with Crippen LogP contribution in [0.4, 0.5) is 13.2 Å². The van der Waals surface area contributed by atoms with Gasteiger partial charge in [0.25, 0.3) is 0 Å². The number of fused-ring (bicyclic) bond motifs is 1. The molecule has 2 unspecified atom stereocenters. The van der Waals surface area contributed by atoms with Crippen molar-refractivity contribution in [3.8, 4) is 5.75 Å². The van der Waals surface area contributed by atoms with Crippen molar-refractivity contribution in [1.82, 2.24) is 0 Å². The minimum absolute atomic E-state index is 0.134. The maximum atomic E-state index is 15.0. The van der Waals surface area contributed by atoms with Crippen molar-refractivity contribution < 1.29 is 22.6 Å². The Hall–Kier alpha value is -2.01. The van der Waals surface area contributed by atoms with Gasteiger partial charge in [-0.1, -0.05) is 59.1 Å². The molecule has 37 heavy (non-hydrogen) atoms. The zero-order chi connectivity index (χ0) is 26.5. The summed E-state index contributed by atoms with van der Waals surface area (Å²) >= 11 is 0. The van der Waals surface area contributed by atoms with E-state index in [4.69, 9.17) is 9.47 Å². The Bertz CT molecular complexity index is 1010. The monoisotopic (exact) mass is 516 g/mol. The van der Waals surface area contributed by atoms with Crippen molar-refractivity contribution >= 4 is 0 Å². The zero-order valence-electron chi connectivity index (χ0n) is 22.7. The van der Waals surface area contributed by atoms with E-state index in [9.17, 15) is 4.39 Å². The molecule has 0 bridgehead atoms. The SMILES string of the molecule is C=C(CCC)/C(F)=C1/Oc2c(cc(CCC3CCC(C4CCC(CCC)CC4)OC3)c(F)c2F)CC1=C. The first-order valence-electron chi connectivity index (χ1n) is 14.4. The molecule has 2 aliphatic heterocycles. The number of aryl methyl sites for hydroxylation is 1. The van der Waals surface area contributed by atoms with Crippen molar-refractivity contribution in [2.24, 2.45) is 17.8 Å². The molecule has 1 saturated carbocycles. The Labute approximate surface area is 221 Å². The highest BCUT2D eigenvalue weighted by atomic mass is 19.2. The summed E-state index contributed by atoms with van der Waals surface area (Å²) in [6, 6.07) is 1.66. The molecule has 1 saturated heterocycles. The molecule has 0 amide bonds. The third-order valence-electron chi connectivity index (χ3n) is 8.65. The van der Waals surface area contributed by atoms with E-state index >= 15 is 8.78 Å². The van der Waals surface area contributed by atoms with Gasteiger partial charge in [0, 0.05) is 18.6 Å². The summed E-state index contributed by atoms with van der Waals surface area (Å²) in [5.74, 6) is -1.03. The van der Waals surface area contributed by atoms with E-state index in [0.717, 1.165) is 31.6 Å². The van der Waals surface area contributed by atoms with Crippen LogP contribution in [0.25, 0.3) is 0 Å². The van der Waals surface area contributed by atoms with E-state index < -0.39 is 17.5 Å². The average molecular weight is 517 g/mol. The lowest BCUT2D eigenvalue weighted by molar-refractivity contribution is -0.0594. The lowest BCUT2D eigenvalue weighted by Crippen LogP contribution is -2.34. The molecule has 1 aromatic rings. The molecule has 2 nitrogen and oxygen atoms in total. The van der Waals surface area contributed by atoms with Crippen molar-refractivity contribution in [2.45, 2.75) is 103 Å². The van der Waals surface area contributed by atoms with E-state index in [0.29, 0.717) is 54.1 Å². The van der Waals surface area contributed by atoms with Gasteiger partial charge in [-0.2, -0.15) is 4.39 Å². The van der Waals surface area contributed by atoms with Crippen LogP contribution in [-0.4, -0.2) is 12.7 Å². The van der Waals surface area contributed by atoms with Gasteiger partial charge in [0.1, 0.15) is 0 Å². The highest BCUT2D eigenvalue weighted by molar-refractivity contribution is 5.51. The second kappa shape index (κ2) is 12.7. The lowest BCUT2D eigenvalue weighted by Gasteiger charge is -2.38. The van der Waals surface area contributed by atoms with Crippen LogP contribution in [0.15, 0.2) is 42.0 Å². The molecule has 2 atom stereocenters. The average Bonchev–Trinajstić information content (AvgIpc) is 2.90. The van der Waals surface area contributed by atoms with Crippen LogP contribution in [0.3, 0.4) is 0 Å². The summed E-state index contributed by atoms with van der Waals surface area (Å²) in [5.41, 5.74) is 1.54. The molecular formula is C32H43F3O2. The molecule has 3 aliphatic rings. The molecule has 2 heterocycles. The Kier molecular flexibility index (Phi) is 9.61.